The molecule has 190 valence electrons. The maximum atomic E-state index is 13.2. The Balaban J connectivity index is 1.59. The van der Waals surface area contributed by atoms with Crippen molar-refractivity contribution in [2.45, 2.75) is 40.7 Å². The summed E-state index contributed by atoms with van der Waals surface area (Å²) in [5.74, 6) is 0.170. The summed E-state index contributed by atoms with van der Waals surface area (Å²) in [5, 5.41) is 12.3. The molecule has 0 saturated carbocycles. The van der Waals surface area contributed by atoms with E-state index in [2.05, 4.69) is 48.4 Å². The standard InChI is InChI=1S/C28H30FN7O/c1-16-6-12-23(18(3)14-16)32-27-34-26(30-20(5)25(37)31-22-10-8-21(29)9-11-22)35-28(36-27)33-24-13-7-17(2)15-19(24)4/h6-15,20H,1-5H3,(H,31,37)(H3,30,32,33,34,35,36)/t20-/m0/s1. The number of nitrogens with zero attached hydrogens (tertiary/aromatic N) is 3. The molecule has 37 heavy (non-hydrogen) atoms. The van der Waals surface area contributed by atoms with E-state index >= 15 is 0 Å². The molecular weight excluding hydrogens is 469 g/mol. The van der Waals surface area contributed by atoms with Crippen molar-refractivity contribution in [3.05, 3.63) is 88.7 Å². The van der Waals surface area contributed by atoms with Gasteiger partial charge in [-0.15, -0.1) is 0 Å². The van der Waals surface area contributed by atoms with Gasteiger partial charge in [-0.1, -0.05) is 35.4 Å². The Morgan fingerprint density at radius 3 is 1.70 bits per heavy atom. The van der Waals surface area contributed by atoms with E-state index in [1.54, 1.807) is 6.92 Å². The van der Waals surface area contributed by atoms with Crippen LogP contribution in [0.4, 0.5) is 39.3 Å². The zero-order chi connectivity index (χ0) is 26.5. The summed E-state index contributed by atoms with van der Waals surface area (Å²) in [5.41, 5.74) is 6.62. The normalized spacial score (nSPS) is 11.5. The van der Waals surface area contributed by atoms with E-state index in [-0.39, 0.29) is 17.7 Å². The summed E-state index contributed by atoms with van der Waals surface area (Å²) < 4.78 is 13.2. The molecule has 0 fully saturated rings. The predicted octanol–water partition coefficient (Wildman–Crippen LogP) is 6.17. The zero-order valence-corrected chi connectivity index (χ0v) is 21.5. The van der Waals surface area contributed by atoms with Crippen LogP contribution >= 0.6 is 0 Å². The number of hydrogen-bond donors (Lipinski definition) is 4. The third-order valence-electron chi connectivity index (χ3n) is 5.74. The number of halogens is 1. The number of aryl methyl sites for hydroxylation is 4. The van der Waals surface area contributed by atoms with Crippen LogP contribution in [0.25, 0.3) is 0 Å². The van der Waals surface area contributed by atoms with Crippen LogP contribution in [0.1, 0.15) is 29.2 Å². The van der Waals surface area contributed by atoms with Gasteiger partial charge in [0.2, 0.25) is 23.8 Å². The fourth-order valence-corrected chi connectivity index (χ4v) is 3.74. The number of carbonyl (C=O) groups excluding carboxylic acids is 1. The minimum atomic E-state index is -0.685. The van der Waals surface area contributed by atoms with Crippen LogP contribution in [0, 0.1) is 33.5 Å². The van der Waals surface area contributed by atoms with E-state index in [0.717, 1.165) is 33.6 Å². The molecule has 0 unspecified atom stereocenters. The van der Waals surface area contributed by atoms with E-state index in [4.69, 9.17) is 0 Å². The number of carbonyl (C=O) groups is 1. The number of anilines is 6. The Morgan fingerprint density at radius 2 is 1.22 bits per heavy atom. The second kappa shape index (κ2) is 11.0. The van der Waals surface area contributed by atoms with E-state index in [1.165, 1.54) is 24.3 Å². The Bertz CT molecular complexity index is 1350. The van der Waals surface area contributed by atoms with Crippen molar-refractivity contribution in [1.82, 2.24) is 15.0 Å². The van der Waals surface area contributed by atoms with Crippen LogP contribution in [0.15, 0.2) is 60.7 Å². The molecule has 0 saturated heterocycles. The second-order valence-corrected chi connectivity index (χ2v) is 9.06. The summed E-state index contributed by atoms with van der Waals surface area (Å²) in [7, 11) is 0. The molecule has 4 aromatic rings. The zero-order valence-electron chi connectivity index (χ0n) is 21.5. The highest BCUT2D eigenvalue weighted by atomic mass is 19.1. The summed E-state index contributed by atoms with van der Waals surface area (Å²) in [6, 6.07) is 17.0. The maximum Gasteiger partial charge on any atom is 0.246 e. The Morgan fingerprint density at radius 1 is 0.730 bits per heavy atom. The summed E-state index contributed by atoms with van der Waals surface area (Å²) >= 11 is 0. The van der Waals surface area contributed by atoms with Crippen LogP contribution < -0.4 is 21.3 Å². The molecule has 0 bridgehead atoms. The lowest BCUT2D eigenvalue weighted by atomic mass is 10.1. The molecule has 1 atom stereocenters. The van der Waals surface area contributed by atoms with Gasteiger partial charge in [0.25, 0.3) is 0 Å². The second-order valence-electron chi connectivity index (χ2n) is 9.06. The van der Waals surface area contributed by atoms with E-state index in [1.807, 2.05) is 52.0 Å². The van der Waals surface area contributed by atoms with Gasteiger partial charge >= 0.3 is 0 Å². The Kier molecular flexibility index (Phi) is 7.62. The highest BCUT2D eigenvalue weighted by Gasteiger charge is 2.17. The van der Waals surface area contributed by atoms with E-state index in [9.17, 15) is 9.18 Å². The number of hydrogen-bond acceptors (Lipinski definition) is 7. The molecular formula is C28H30FN7O. The number of nitrogens with one attached hydrogen (secondary N) is 4. The third kappa shape index (κ3) is 6.78. The van der Waals surface area contributed by atoms with Crippen LogP contribution in [-0.2, 0) is 4.79 Å². The molecule has 4 N–H and O–H groups in total. The van der Waals surface area contributed by atoms with Crippen LogP contribution in [0.3, 0.4) is 0 Å². The van der Waals surface area contributed by atoms with Gasteiger partial charge < -0.3 is 21.3 Å². The van der Waals surface area contributed by atoms with Crippen LogP contribution in [0.5, 0.6) is 0 Å². The van der Waals surface area contributed by atoms with Crippen molar-refractivity contribution in [1.29, 1.82) is 0 Å². The minimum absolute atomic E-state index is 0.219. The van der Waals surface area contributed by atoms with Gasteiger partial charge in [-0.25, -0.2) is 4.39 Å². The van der Waals surface area contributed by atoms with Gasteiger partial charge in [-0.05, 0) is 82.1 Å². The van der Waals surface area contributed by atoms with Gasteiger partial charge in [-0.3, -0.25) is 4.79 Å². The van der Waals surface area contributed by atoms with Crippen molar-refractivity contribution < 1.29 is 9.18 Å². The number of aromatic nitrogens is 3. The van der Waals surface area contributed by atoms with Crippen molar-refractivity contribution >= 4 is 40.8 Å². The average molecular weight is 500 g/mol. The number of amides is 1. The van der Waals surface area contributed by atoms with Gasteiger partial charge in [0, 0.05) is 17.1 Å². The van der Waals surface area contributed by atoms with Crippen molar-refractivity contribution in [3.63, 3.8) is 0 Å². The molecule has 0 aliphatic carbocycles. The Hall–Kier alpha value is -4.53. The molecule has 4 rings (SSSR count). The number of rotatable bonds is 8. The minimum Gasteiger partial charge on any atom is -0.342 e. The first-order chi connectivity index (χ1) is 17.7. The smallest absolute Gasteiger partial charge is 0.246 e. The number of benzene rings is 3. The summed E-state index contributed by atoms with van der Waals surface area (Å²) in [4.78, 5) is 26.3. The largest absolute Gasteiger partial charge is 0.342 e. The first-order valence-corrected chi connectivity index (χ1v) is 11.9. The topological polar surface area (TPSA) is 104 Å². The van der Waals surface area contributed by atoms with Crippen molar-refractivity contribution in [2.75, 3.05) is 21.3 Å². The fraction of sp³-hybridized carbons (Fsp3) is 0.214. The highest BCUT2D eigenvalue weighted by molar-refractivity contribution is 5.96. The summed E-state index contributed by atoms with van der Waals surface area (Å²) in [6.45, 7) is 9.77. The first kappa shape index (κ1) is 25.6. The van der Waals surface area contributed by atoms with Gasteiger partial charge in [0.15, 0.2) is 0 Å². The molecule has 0 spiro atoms. The SMILES string of the molecule is Cc1ccc(Nc2nc(Nc3ccc(C)cc3C)nc(N[C@@H](C)C(=O)Nc3ccc(F)cc3)n2)c(C)c1. The molecule has 0 aliphatic rings. The third-order valence-corrected chi connectivity index (χ3v) is 5.74. The molecule has 1 amide bonds. The van der Waals surface area contributed by atoms with Crippen LogP contribution in [0.2, 0.25) is 0 Å². The lowest BCUT2D eigenvalue weighted by molar-refractivity contribution is -0.116. The Labute approximate surface area is 215 Å². The first-order valence-electron chi connectivity index (χ1n) is 11.9. The molecule has 9 heteroatoms. The monoisotopic (exact) mass is 499 g/mol. The van der Waals surface area contributed by atoms with Gasteiger partial charge in [0.05, 0.1) is 0 Å². The summed E-state index contributed by atoms with van der Waals surface area (Å²) in [6.07, 6.45) is 0. The molecule has 0 radical (unpaired) electrons. The molecule has 8 nitrogen and oxygen atoms in total. The predicted molar refractivity (Wildman–Crippen MR) is 146 cm³/mol. The average Bonchev–Trinajstić information content (AvgIpc) is 2.84. The molecule has 1 heterocycles. The fourth-order valence-electron chi connectivity index (χ4n) is 3.74. The maximum absolute atomic E-state index is 13.2. The van der Waals surface area contributed by atoms with E-state index in [0.29, 0.717) is 17.6 Å². The van der Waals surface area contributed by atoms with E-state index < -0.39 is 6.04 Å². The lowest BCUT2D eigenvalue weighted by Gasteiger charge is -2.17. The molecule has 3 aromatic carbocycles. The molecule has 1 aromatic heterocycles. The molecule has 0 aliphatic heterocycles. The lowest BCUT2D eigenvalue weighted by Crippen LogP contribution is -2.32. The van der Waals surface area contributed by atoms with Crippen molar-refractivity contribution in [3.8, 4) is 0 Å². The van der Waals surface area contributed by atoms with Crippen LogP contribution in [-0.4, -0.2) is 26.9 Å². The van der Waals surface area contributed by atoms with Crippen molar-refractivity contribution in [2.24, 2.45) is 0 Å². The van der Waals surface area contributed by atoms with Gasteiger partial charge in [0.1, 0.15) is 11.9 Å². The van der Waals surface area contributed by atoms with Gasteiger partial charge in [-0.2, -0.15) is 15.0 Å². The quantitative estimate of drug-likeness (QED) is 0.230. The highest BCUT2D eigenvalue weighted by Crippen LogP contribution is 2.24.